The summed E-state index contributed by atoms with van der Waals surface area (Å²) in [5.74, 6) is -0.859. The average Bonchev–Trinajstić information content (AvgIpc) is 2.73. The number of carboxylic acids is 1. The Morgan fingerprint density at radius 3 is 1.69 bits per heavy atom. The highest BCUT2D eigenvalue weighted by Gasteiger charge is 2.10. The van der Waals surface area contributed by atoms with E-state index in [0.29, 0.717) is 25.9 Å². The van der Waals surface area contributed by atoms with Crippen LogP contribution in [0.25, 0.3) is 0 Å². The lowest BCUT2D eigenvalue weighted by Gasteiger charge is -2.22. The summed E-state index contributed by atoms with van der Waals surface area (Å²) in [5.41, 5.74) is 3.79. The number of benzene rings is 2. The van der Waals surface area contributed by atoms with Gasteiger partial charge in [0.15, 0.2) is 13.5 Å². The molecule has 0 heterocycles. The third kappa shape index (κ3) is 6.84. The van der Waals surface area contributed by atoms with Crippen LogP contribution in [0, 0.1) is 0 Å². The van der Waals surface area contributed by atoms with Crippen molar-refractivity contribution < 1.29 is 29.0 Å². The van der Waals surface area contributed by atoms with Crippen molar-refractivity contribution in [1.29, 1.82) is 0 Å². The molecule has 1 N–H and O–H groups in total. The van der Waals surface area contributed by atoms with Crippen molar-refractivity contribution in [3.8, 4) is 0 Å². The van der Waals surface area contributed by atoms with Crippen molar-refractivity contribution in [3.05, 3.63) is 59.7 Å². The van der Waals surface area contributed by atoms with Gasteiger partial charge < -0.3 is 24.4 Å². The molecular formula is C21H24N2O6. The number of carbonyl (C=O) groups is 3. The van der Waals surface area contributed by atoms with Gasteiger partial charge in [0.05, 0.1) is 0 Å². The van der Waals surface area contributed by atoms with Crippen molar-refractivity contribution in [2.24, 2.45) is 0 Å². The second kappa shape index (κ2) is 11.3. The Hall–Kier alpha value is -3.55. The van der Waals surface area contributed by atoms with Crippen molar-refractivity contribution in [3.63, 3.8) is 0 Å². The van der Waals surface area contributed by atoms with E-state index >= 15 is 0 Å². The number of aliphatic carboxylic acids is 1. The highest BCUT2D eigenvalue weighted by atomic mass is 16.6. The molecule has 0 unspecified atom stereocenters. The van der Waals surface area contributed by atoms with Crippen LogP contribution in [-0.4, -0.2) is 50.6 Å². The minimum Gasteiger partial charge on any atom is -0.480 e. The maximum atomic E-state index is 10.9. The second-order valence-corrected chi connectivity index (χ2v) is 6.24. The molecule has 0 aliphatic carbocycles. The summed E-state index contributed by atoms with van der Waals surface area (Å²) in [6.07, 6.45) is 0.710. The van der Waals surface area contributed by atoms with Gasteiger partial charge in [-0.2, -0.15) is 0 Å². The fraction of sp³-hybridized carbons (Fsp3) is 0.286. The molecule has 0 aliphatic rings. The predicted molar refractivity (Wildman–Crippen MR) is 108 cm³/mol. The summed E-state index contributed by atoms with van der Waals surface area (Å²) < 4.78 is 9.49. The number of likely N-dealkylation sites (N-methyl/N-ethyl adjacent to an activating group) is 1. The zero-order chi connectivity index (χ0) is 21.1. The van der Waals surface area contributed by atoms with Gasteiger partial charge in [-0.15, -0.1) is 0 Å². The number of rotatable bonds is 13. The number of anilines is 2. The van der Waals surface area contributed by atoms with E-state index in [9.17, 15) is 14.4 Å². The first-order valence-electron chi connectivity index (χ1n) is 9.07. The third-order valence-corrected chi connectivity index (χ3v) is 4.32. The Balaban J connectivity index is 2.03. The van der Waals surface area contributed by atoms with Crippen LogP contribution in [-0.2, 0) is 30.3 Å². The summed E-state index contributed by atoms with van der Waals surface area (Å²) >= 11 is 0. The van der Waals surface area contributed by atoms with Crippen LogP contribution in [0.15, 0.2) is 48.5 Å². The molecule has 2 aromatic carbocycles. The molecule has 8 nitrogen and oxygen atoms in total. The molecule has 0 saturated heterocycles. The van der Waals surface area contributed by atoms with E-state index in [0.717, 1.165) is 22.5 Å². The SMILES string of the molecule is CCN(CC(=O)O)c1ccc(Cc2ccc(N(COC=O)COC=O)cc2)cc1. The summed E-state index contributed by atoms with van der Waals surface area (Å²) in [6.45, 7) is 3.12. The number of hydrogen-bond acceptors (Lipinski definition) is 7. The Bertz CT molecular complexity index is 780. The largest absolute Gasteiger partial charge is 0.480 e. The minimum absolute atomic E-state index is 0.0254. The highest BCUT2D eigenvalue weighted by Crippen LogP contribution is 2.20. The quantitative estimate of drug-likeness (QED) is 0.404. The zero-order valence-corrected chi connectivity index (χ0v) is 16.2. The minimum atomic E-state index is -0.859. The number of nitrogens with zero attached hydrogens (tertiary/aromatic N) is 2. The standard InChI is InChI=1S/C21H24N2O6/c1-2-22(12-21(26)27)19-7-3-17(4-8-19)11-18-5-9-20(10-6-18)23(13-28-15-24)14-29-16-25/h3-10,15-16H,2,11-14H2,1H3,(H,26,27). The van der Waals surface area contributed by atoms with E-state index in [1.165, 1.54) is 0 Å². The first-order valence-corrected chi connectivity index (χ1v) is 9.07. The van der Waals surface area contributed by atoms with Crippen molar-refractivity contribution >= 4 is 30.3 Å². The highest BCUT2D eigenvalue weighted by molar-refractivity contribution is 5.73. The van der Waals surface area contributed by atoms with Crippen LogP contribution in [0.2, 0.25) is 0 Å². The van der Waals surface area contributed by atoms with Gasteiger partial charge in [0.2, 0.25) is 0 Å². The molecule has 154 valence electrons. The molecule has 29 heavy (non-hydrogen) atoms. The van der Waals surface area contributed by atoms with Gasteiger partial charge in [0, 0.05) is 17.9 Å². The van der Waals surface area contributed by atoms with Crippen LogP contribution in [0.4, 0.5) is 11.4 Å². The van der Waals surface area contributed by atoms with Crippen molar-refractivity contribution in [2.45, 2.75) is 13.3 Å². The van der Waals surface area contributed by atoms with E-state index in [1.807, 2.05) is 55.5 Å². The zero-order valence-electron chi connectivity index (χ0n) is 16.2. The van der Waals surface area contributed by atoms with Gasteiger partial charge in [0.25, 0.3) is 12.9 Å². The molecule has 0 spiro atoms. The molecule has 0 fully saturated rings. The normalized spacial score (nSPS) is 10.1. The summed E-state index contributed by atoms with van der Waals surface area (Å²) in [7, 11) is 0. The van der Waals surface area contributed by atoms with Crippen LogP contribution in [0.3, 0.4) is 0 Å². The smallest absolute Gasteiger partial charge is 0.323 e. The third-order valence-electron chi connectivity index (χ3n) is 4.32. The second-order valence-electron chi connectivity index (χ2n) is 6.24. The van der Waals surface area contributed by atoms with E-state index < -0.39 is 5.97 Å². The first-order chi connectivity index (χ1) is 14.1. The molecule has 2 aromatic rings. The van der Waals surface area contributed by atoms with Gasteiger partial charge in [-0.05, 0) is 48.7 Å². The van der Waals surface area contributed by atoms with Crippen LogP contribution in [0.5, 0.6) is 0 Å². The molecule has 0 amide bonds. The van der Waals surface area contributed by atoms with Gasteiger partial charge >= 0.3 is 5.97 Å². The summed E-state index contributed by atoms with van der Waals surface area (Å²) in [4.78, 5) is 35.2. The molecule has 0 atom stereocenters. The Labute approximate surface area is 169 Å². The van der Waals surface area contributed by atoms with Gasteiger partial charge in [-0.25, -0.2) is 0 Å². The van der Waals surface area contributed by atoms with E-state index in [1.54, 1.807) is 9.80 Å². The monoisotopic (exact) mass is 400 g/mol. The van der Waals surface area contributed by atoms with Gasteiger partial charge in [-0.3, -0.25) is 14.4 Å². The van der Waals surface area contributed by atoms with E-state index in [2.05, 4.69) is 0 Å². The lowest BCUT2D eigenvalue weighted by atomic mass is 10.0. The number of carbonyl (C=O) groups excluding carboxylic acids is 2. The molecule has 0 aromatic heterocycles. The lowest BCUT2D eigenvalue weighted by molar-refractivity contribution is -0.135. The molecule has 0 radical (unpaired) electrons. The maximum Gasteiger partial charge on any atom is 0.323 e. The maximum absolute atomic E-state index is 10.9. The molecular weight excluding hydrogens is 376 g/mol. The first kappa shape index (κ1) is 21.7. The summed E-state index contributed by atoms with van der Waals surface area (Å²) in [5, 5.41) is 8.99. The topological polar surface area (TPSA) is 96.4 Å². The Morgan fingerprint density at radius 1 is 0.862 bits per heavy atom. The van der Waals surface area contributed by atoms with Crippen molar-refractivity contribution in [2.75, 3.05) is 36.4 Å². The summed E-state index contributed by atoms with van der Waals surface area (Å²) in [6, 6.07) is 15.4. The molecule has 8 heteroatoms. The van der Waals surface area contributed by atoms with Crippen LogP contribution < -0.4 is 9.80 Å². The molecule has 0 aliphatic heterocycles. The number of carboxylic acid groups (broad SMARTS) is 1. The number of hydrogen-bond donors (Lipinski definition) is 1. The molecule has 0 saturated carbocycles. The van der Waals surface area contributed by atoms with Gasteiger partial charge in [0.1, 0.15) is 6.54 Å². The average molecular weight is 400 g/mol. The fourth-order valence-corrected chi connectivity index (χ4v) is 2.86. The van der Waals surface area contributed by atoms with E-state index in [-0.39, 0.29) is 20.0 Å². The fourth-order valence-electron chi connectivity index (χ4n) is 2.86. The lowest BCUT2D eigenvalue weighted by Crippen LogP contribution is -2.29. The Kier molecular flexibility index (Phi) is 8.50. The molecule has 0 bridgehead atoms. The van der Waals surface area contributed by atoms with Crippen LogP contribution in [0.1, 0.15) is 18.1 Å². The van der Waals surface area contributed by atoms with Crippen molar-refractivity contribution in [1.82, 2.24) is 0 Å². The number of ether oxygens (including phenoxy) is 2. The van der Waals surface area contributed by atoms with Gasteiger partial charge in [-0.1, -0.05) is 24.3 Å². The van der Waals surface area contributed by atoms with E-state index in [4.69, 9.17) is 14.6 Å². The molecule has 2 rings (SSSR count). The Morgan fingerprint density at radius 2 is 1.31 bits per heavy atom. The predicted octanol–water partition coefficient (Wildman–Crippen LogP) is 2.26. The van der Waals surface area contributed by atoms with Crippen LogP contribution >= 0.6 is 0 Å².